The van der Waals surface area contributed by atoms with Gasteiger partial charge in [0, 0.05) is 0 Å². The van der Waals surface area contributed by atoms with Gasteiger partial charge in [-0.05, 0) is 29.3 Å². The van der Waals surface area contributed by atoms with Crippen LogP contribution in [0.15, 0.2) is 60.7 Å². The number of halogens is 3. The molecule has 1 amide bonds. The van der Waals surface area contributed by atoms with Gasteiger partial charge in [0.15, 0.2) is 6.23 Å². The van der Waals surface area contributed by atoms with E-state index in [9.17, 15) is 23.1 Å². The molecule has 0 aromatic heterocycles. The van der Waals surface area contributed by atoms with Crippen LogP contribution >= 0.6 is 0 Å². The fourth-order valence-corrected chi connectivity index (χ4v) is 2.73. The zero-order valence-corrected chi connectivity index (χ0v) is 13.6. The Bertz CT molecular complexity index is 788. The lowest BCUT2D eigenvalue weighted by Gasteiger charge is -2.24. The van der Waals surface area contributed by atoms with Crippen molar-refractivity contribution in [1.29, 1.82) is 0 Å². The van der Waals surface area contributed by atoms with Gasteiger partial charge in [-0.1, -0.05) is 48.5 Å². The molecule has 1 heterocycles. The van der Waals surface area contributed by atoms with Crippen LogP contribution in [0.3, 0.4) is 0 Å². The summed E-state index contributed by atoms with van der Waals surface area (Å²) in [5, 5.41) is 10.4. The number of nitrogens with zero attached hydrogens (tertiary/aromatic N) is 1. The molecule has 2 aromatic rings. The summed E-state index contributed by atoms with van der Waals surface area (Å²) >= 11 is 0. The lowest BCUT2D eigenvalue weighted by molar-refractivity contribution is -0.137. The number of rotatable bonds is 4. The van der Waals surface area contributed by atoms with Gasteiger partial charge in [-0.25, -0.2) is 4.79 Å². The number of benzene rings is 2. The number of ether oxygens (including phenoxy) is 1. The monoisotopic (exact) mass is 363 g/mol. The SMILES string of the molecule is O=C1OC[C@@H](c2ccccc2)N1C(O)/C=C/c1ccc(C(F)(F)F)cc1. The molecule has 2 aromatic carbocycles. The van der Waals surface area contributed by atoms with E-state index in [1.807, 2.05) is 30.3 Å². The molecular formula is C19H16F3NO3. The number of hydrogen-bond acceptors (Lipinski definition) is 3. The smallest absolute Gasteiger partial charge is 0.416 e. The summed E-state index contributed by atoms with van der Waals surface area (Å²) in [6.07, 6.45) is -3.52. The molecule has 1 N–H and O–H groups in total. The molecule has 26 heavy (non-hydrogen) atoms. The van der Waals surface area contributed by atoms with Gasteiger partial charge in [-0.2, -0.15) is 13.2 Å². The predicted molar refractivity (Wildman–Crippen MR) is 88.9 cm³/mol. The van der Waals surface area contributed by atoms with Crippen molar-refractivity contribution >= 4 is 12.2 Å². The van der Waals surface area contributed by atoms with Crippen LogP contribution < -0.4 is 0 Å². The second kappa shape index (κ2) is 7.21. The first-order chi connectivity index (χ1) is 12.4. The topological polar surface area (TPSA) is 49.8 Å². The van der Waals surface area contributed by atoms with E-state index in [1.54, 1.807) is 0 Å². The van der Waals surface area contributed by atoms with Crippen LogP contribution in [0.4, 0.5) is 18.0 Å². The third kappa shape index (κ3) is 3.88. The maximum absolute atomic E-state index is 12.6. The minimum atomic E-state index is -4.40. The number of aliphatic hydroxyl groups excluding tert-OH is 1. The molecule has 0 bridgehead atoms. The summed E-state index contributed by atoms with van der Waals surface area (Å²) in [5.41, 5.74) is 0.545. The molecule has 1 aliphatic heterocycles. The molecule has 0 aliphatic carbocycles. The summed E-state index contributed by atoms with van der Waals surface area (Å²) in [6.45, 7) is 0.119. The number of carbonyl (C=O) groups is 1. The van der Waals surface area contributed by atoms with Gasteiger partial charge in [-0.15, -0.1) is 0 Å². The molecule has 2 atom stereocenters. The normalized spacial score (nSPS) is 19.0. The number of hydrogen-bond donors (Lipinski definition) is 1. The Balaban J connectivity index is 1.74. The third-order valence-corrected chi connectivity index (χ3v) is 4.08. The highest BCUT2D eigenvalue weighted by molar-refractivity contribution is 5.71. The first kappa shape index (κ1) is 18.0. The highest BCUT2D eigenvalue weighted by Crippen LogP contribution is 2.30. The van der Waals surface area contributed by atoms with E-state index in [-0.39, 0.29) is 6.61 Å². The molecule has 0 radical (unpaired) electrons. The Morgan fingerprint density at radius 1 is 1.12 bits per heavy atom. The van der Waals surface area contributed by atoms with Crippen molar-refractivity contribution < 1.29 is 27.8 Å². The Kier molecular flexibility index (Phi) is 4.99. The van der Waals surface area contributed by atoms with Crippen molar-refractivity contribution in [3.8, 4) is 0 Å². The average Bonchev–Trinajstić information content (AvgIpc) is 3.02. The van der Waals surface area contributed by atoms with Crippen LogP contribution in [-0.4, -0.2) is 28.9 Å². The predicted octanol–water partition coefficient (Wildman–Crippen LogP) is 4.23. The lowest BCUT2D eigenvalue weighted by Crippen LogP contribution is -2.36. The Morgan fingerprint density at radius 3 is 2.38 bits per heavy atom. The number of alkyl halides is 3. The third-order valence-electron chi connectivity index (χ3n) is 4.08. The van der Waals surface area contributed by atoms with Crippen molar-refractivity contribution in [2.24, 2.45) is 0 Å². The molecular weight excluding hydrogens is 347 g/mol. The van der Waals surface area contributed by atoms with E-state index in [0.717, 1.165) is 17.7 Å². The minimum absolute atomic E-state index is 0.119. The molecule has 4 nitrogen and oxygen atoms in total. The number of carbonyl (C=O) groups excluding carboxylic acids is 1. The summed E-state index contributed by atoms with van der Waals surface area (Å²) in [7, 11) is 0. The van der Waals surface area contributed by atoms with Gasteiger partial charge in [0.2, 0.25) is 0 Å². The van der Waals surface area contributed by atoms with Gasteiger partial charge < -0.3 is 9.84 Å². The molecule has 1 unspecified atom stereocenters. The second-order valence-corrected chi connectivity index (χ2v) is 5.80. The zero-order valence-electron chi connectivity index (χ0n) is 13.6. The summed E-state index contributed by atoms with van der Waals surface area (Å²) in [4.78, 5) is 13.1. The number of cyclic esters (lactones) is 1. The first-order valence-corrected chi connectivity index (χ1v) is 7.90. The molecule has 1 fully saturated rings. The average molecular weight is 363 g/mol. The Hall–Kier alpha value is -2.80. The number of aliphatic hydroxyl groups is 1. The highest BCUT2D eigenvalue weighted by Gasteiger charge is 2.37. The maximum atomic E-state index is 12.6. The molecule has 136 valence electrons. The van der Waals surface area contributed by atoms with Crippen LogP contribution in [0.5, 0.6) is 0 Å². The van der Waals surface area contributed by atoms with Crippen molar-refractivity contribution in [3.05, 3.63) is 77.4 Å². The largest absolute Gasteiger partial charge is 0.447 e. The van der Waals surface area contributed by atoms with E-state index in [4.69, 9.17) is 4.74 Å². The van der Waals surface area contributed by atoms with E-state index in [0.29, 0.717) is 5.56 Å². The van der Waals surface area contributed by atoms with Gasteiger partial charge in [0.05, 0.1) is 11.6 Å². The maximum Gasteiger partial charge on any atom is 0.416 e. The molecule has 1 saturated heterocycles. The second-order valence-electron chi connectivity index (χ2n) is 5.80. The summed E-state index contributed by atoms with van der Waals surface area (Å²) < 4.78 is 42.7. The van der Waals surface area contributed by atoms with Gasteiger partial charge >= 0.3 is 12.3 Å². The van der Waals surface area contributed by atoms with Crippen LogP contribution in [0.1, 0.15) is 22.7 Å². The molecule has 0 spiro atoms. The standard InChI is InChI=1S/C19H16F3NO3/c20-19(21,22)15-9-6-13(7-10-15)8-11-17(24)23-16(12-26-18(23)25)14-4-2-1-3-5-14/h1-11,16-17,24H,12H2/b11-8+/t16-,17?/m0/s1. The molecule has 0 saturated carbocycles. The van der Waals surface area contributed by atoms with Crippen molar-refractivity contribution in [2.75, 3.05) is 6.61 Å². The summed E-state index contributed by atoms with van der Waals surface area (Å²) in [5.74, 6) is 0. The van der Waals surface area contributed by atoms with Crippen molar-refractivity contribution in [1.82, 2.24) is 4.90 Å². The molecule has 3 rings (SSSR count). The van der Waals surface area contributed by atoms with E-state index in [1.165, 1.54) is 29.2 Å². The fourth-order valence-electron chi connectivity index (χ4n) is 2.73. The zero-order chi connectivity index (χ0) is 18.7. The Morgan fingerprint density at radius 2 is 1.77 bits per heavy atom. The van der Waals surface area contributed by atoms with Crippen molar-refractivity contribution in [2.45, 2.75) is 18.4 Å². The quantitative estimate of drug-likeness (QED) is 0.884. The van der Waals surface area contributed by atoms with Gasteiger partial charge in [0.1, 0.15) is 6.61 Å². The van der Waals surface area contributed by atoms with Gasteiger partial charge in [0.25, 0.3) is 0 Å². The minimum Gasteiger partial charge on any atom is -0.447 e. The highest BCUT2D eigenvalue weighted by atomic mass is 19.4. The first-order valence-electron chi connectivity index (χ1n) is 7.90. The lowest BCUT2D eigenvalue weighted by atomic mass is 10.1. The fraction of sp³-hybridized carbons (Fsp3) is 0.211. The van der Waals surface area contributed by atoms with E-state index >= 15 is 0 Å². The molecule has 1 aliphatic rings. The van der Waals surface area contributed by atoms with E-state index < -0.39 is 30.1 Å². The van der Waals surface area contributed by atoms with Gasteiger partial charge in [-0.3, -0.25) is 4.90 Å². The van der Waals surface area contributed by atoms with Crippen LogP contribution in [0.2, 0.25) is 0 Å². The van der Waals surface area contributed by atoms with Crippen LogP contribution in [-0.2, 0) is 10.9 Å². The van der Waals surface area contributed by atoms with Crippen LogP contribution in [0, 0.1) is 0 Å². The Labute approximate surface area is 148 Å². The summed E-state index contributed by atoms with van der Waals surface area (Å²) in [6, 6.07) is 13.2. The van der Waals surface area contributed by atoms with Crippen molar-refractivity contribution in [3.63, 3.8) is 0 Å². The van der Waals surface area contributed by atoms with E-state index in [2.05, 4.69) is 0 Å². The number of amides is 1. The molecule has 7 heteroatoms. The van der Waals surface area contributed by atoms with Crippen LogP contribution in [0.25, 0.3) is 6.08 Å².